The Kier molecular flexibility index (Phi) is 7.78. The van der Waals surface area contributed by atoms with Gasteiger partial charge in [-0.05, 0) is 50.0 Å². The maximum absolute atomic E-state index is 11.9. The van der Waals surface area contributed by atoms with Crippen LogP contribution < -0.4 is 15.0 Å². The molecule has 8 heteroatoms. The van der Waals surface area contributed by atoms with Crippen molar-refractivity contribution in [3.8, 4) is 5.75 Å². The number of hydrogen-bond acceptors (Lipinski definition) is 6. The molecule has 8 nitrogen and oxygen atoms in total. The Balaban J connectivity index is 1.76. The van der Waals surface area contributed by atoms with Crippen molar-refractivity contribution < 1.29 is 14.6 Å². The van der Waals surface area contributed by atoms with Gasteiger partial charge >= 0.3 is 6.09 Å². The lowest BCUT2D eigenvalue weighted by atomic mass is 10.1. The lowest BCUT2D eigenvalue weighted by Gasteiger charge is -2.26. The average molecular weight is 422 g/mol. The van der Waals surface area contributed by atoms with Crippen LogP contribution in [0.1, 0.15) is 11.6 Å². The van der Waals surface area contributed by atoms with E-state index in [0.717, 1.165) is 23.5 Å². The van der Waals surface area contributed by atoms with Gasteiger partial charge in [0.05, 0.1) is 12.6 Å². The van der Waals surface area contributed by atoms with Crippen LogP contribution in [-0.2, 0) is 0 Å². The molecule has 0 saturated carbocycles. The van der Waals surface area contributed by atoms with Crippen LogP contribution in [0.15, 0.2) is 73.2 Å². The number of nitrogens with zero attached hydrogens (tertiary/aromatic N) is 4. The van der Waals surface area contributed by atoms with Crippen molar-refractivity contribution in [3.63, 3.8) is 0 Å². The summed E-state index contributed by atoms with van der Waals surface area (Å²) in [5.41, 5.74) is 1.83. The SMILES string of the molecule is CN(C)CCOc1ccc(NC(CN(C(=O)O)c2ccncn2)c2ccccc2)cc1. The number of nitrogens with one attached hydrogen (secondary N) is 1. The minimum atomic E-state index is -1.08. The highest BCUT2D eigenvalue weighted by Crippen LogP contribution is 2.24. The van der Waals surface area contributed by atoms with Crippen LogP contribution in [0.4, 0.5) is 16.3 Å². The van der Waals surface area contributed by atoms with Crippen LogP contribution in [0.25, 0.3) is 0 Å². The Labute approximate surface area is 182 Å². The Morgan fingerprint density at radius 1 is 1.10 bits per heavy atom. The molecule has 0 aliphatic rings. The summed E-state index contributed by atoms with van der Waals surface area (Å²) in [6, 6.07) is 18.7. The number of amides is 1. The molecule has 1 unspecified atom stereocenters. The molecule has 1 aromatic heterocycles. The summed E-state index contributed by atoms with van der Waals surface area (Å²) >= 11 is 0. The third-order valence-electron chi connectivity index (χ3n) is 4.64. The maximum atomic E-state index is 11.9. The number of benzene rings is 2. The molecule has 0 bridgehead atoms. The van der Waals surface area contributed by atoms with Crippen LogP contribution in [0.2, 0.25) is 0 Å². The molecular formula is C23H27N5O3. The number of anilines is 2. The molecule has 1 amide bonds. The summed E-state index contributed by atoms with van der Waals surface area (Å²) in [4.78, 5) is 23.2. The highest BCUT2D eigenvalue weighted by molar-refractivity contribution is 5.84. The zero-order chi connectivity index (χ0) is 22.1. The summed E-state index contributed by atoms with van der Waals surface area (Å²) < 4.78 is 5.75. The van der Waals surface area contributed by atoms with E-state index in [1.165, 1.54) is 17.4 Å². The molecule has 0 radical (unpaired) electrons. The van der Waals surface area contributed by atoms with Gasteiger partial charge in [0.1, 0.15) is 24.5 Å². The summed E-state index contributed by atoms with van der Waals surface area (Å²) in [6.07, 6.45) is 1.79. The third-order valence-corrected chi connectivity index (χ3v) is 4.64. The van der Waals surface area contributed by atoms with E-state index in [0.29, 0.717) is 12.4 Å². The van der Waals surface area contributed by atoms with Crippen LogP contribution in [0, 0.1) is 0 Å². The van der Waals surface area contributed by atoms with Crippen molar-refractivity contribution in [2.24, 2.45) is 0 Å². The lowest BCUT2D eigenvalue weighted by Crippen LogP contribution is -2.36. The molecule has 2 N–H and O–H groups in total. The summed E-state index contributed by atoms with van der Waals surface area (Å²) in [6.45, 7) is 1.63. The van der Waals surface area contributed by atoms with Crippen molar-refractivity contribution >= 4 is 17.6 Å². The zero-order valence-electron chi connectivity index (χ0n) is 17.7. The van der Waals surface area contributed by atoms with Crippen LogP contribution in [0.5, 0.6) is 5.75 Å². The molecule has 0 aliphatic heterocycles. The van der Waals surface area contributed by atoms with Crippen molar-refractivity contribution in [1.29, 1.82) is 0 Å². The molecule has 0 fully saturated rings. The van der Waals surface area contributed by atoms with Crippen molar-refractivity contribution in [3.05, 3.63) is 78.8 Å². The highest BCUT2D eigenvalue weighted by Gasteiger charge is 2.22. The molecule has 31 heavy (non-hydrogen) atoms. The normalized spacial score (nSPS) is 11.7. The zero-order valence-corrected chi connectivity index (χ0v) is 17.7. The second-order valence-corrected chi connectivity index (χ2v) is 7.24. The van der Waals surface area contributed by atoms with Crippen LogP contribution >= 0.6 is 0 Å². The molecule has 0 aliphatic carbocycles. The highest BCUT2D eigenvalue weighted by atomic mass is 16.5. The van der Waals surface area contributed by atoms with E-state index in [1.54, 1.807) is 6.07 Å². The summed E-state index contributed by atoms with van der Waals surface area (Å²) in [5, 5.41) is 13.2. The van der Waals surface area contributed by atoms with Gasteiger partial charge in [-0.25, -0.2) is 14.8 Å². The fraction of sp³-hybridized carbons (Fsp3) is 0.261. The number of carbonyl (C=O) groups is 1. The van der Waals surface area contributed by atoms with Crippen LogP contribution in [-0.4, -0.2) is 59.9 Å². The van der Waals surface area contributed by atoms with E-state index >= 15 is 0 Å². The number of carboxylic acid groups (broad SMARTS) is 1. The molecule has 162 valence electrons. The van der Waals surface area contributed by atoms with Gasteiger partial charge in [-0.15, -0.1) is 0 Å². The predicted molar refractivity (Wildman–Crippen MR) is 121 cm³/mol. The molecule has 3 rings (SSSR count). The number of rotatable bonds is 10. The minimum absolute atomic E-state index is 0.178. The van der Waals surface area contributed by atoms with Gasteiger partial charge in [-0.1, -0.05) is 30.3 Å². The first-order valence-corrected chi connectivity index (χ1v) is 9.98. The largest absolute Gasteiger partial charge is 0.492 e. The van der Waals surface area contributed by atoms with E-state index in [4.69, 9.17) is 4.74 Å². The van der Waals surface area contributed by atoms with Gasteiger partial charge in [-0.3, -0.25) is 4.90 Å². The number of hydrogen-bond donors (Lipinski definition) is 2. The standard InChI is InChI=1S/C23H27N5O3/c1-27(2)14-15-31-20-10-8-19(9-11-20)26-21(18-6-4-3-5-7-18)16-28(23(29)30)22-12-13-24-17-25-22/h3-13,17,21,26H,14-16H2,1-2H3,(H,29,30). The maximum Gasteiger partial charge on any atom is 0.413 e. The van der Waals surface area contributed by atoms with Crippen molar-refractivity contribution in [2.75, 3.05) is 44.0 Å². The topological polar surface area (TPSA) is 90.8 Å². The van der Waals surface area contributed by atoms with E-state index in [9.17, 15) is 9.90 Å². The molecular weight excluding hydrogens is 394 g/mol. The van der Waals surface area contributed by atoms with Gasteiger partial charge in [0.2, 0.25) is 0 Å². The Morgan fingerprint density at radius 2 is 1.84 bits per heavy atom. The molecule has 1 heterocycles. The molecule has 0 saturated heterocycles. The van der Waals surface area contributed by atoms with Gasteiger partial charge in [0.15, 0.2) is 0 Å². The number of ether oxygens (including phenoxy) is 1. The molecule has 2 aromatic carbocycles. The van der Waals surface area contributed by atoms with Crippen molar-refractivity contribution in [1.82, 2.24) is 14.9 Å². The third kappa shape index (κ3) is 6.68. The lowest BCUT2D eigenvalue weighted by molar-refractivity contribution is 0.201. The molecule has 0 spiro atoms. The second kappa shape index (κ2) is 10.9. The minimum Gasteiger partial charge on any atom is -0.492 e. The van der Waals surface area contributed by atoms with Crippen LogP contribution in [0.3, 0.4) is 0 Å². The fourth-order valence-electron chi connectivity index (χ4n) is 3.01. The quantitative estimate of drug-likeness (QED) is 0.515. The Bertz CT molecular complexity index is 936. The first-order chi connectivity index (χ1) is 15.0. The first-order valence-electron chi connectivity index (χ1n) is 9.98. The fourth-order valence-corrected chi connectivity index (χ4v) is 3.01. The van der Waals surface area contributed by atoms with E-state index in [1.807, 2.05) is 68.7 Å². The van der Waals surface area contributed by atoms with E-state index in [2.05, 4.69) is 20.2 Å². The molecule has 1 atom stereocenters. The predicted octanol–water partition coefficient (Wildman–Crippen LogP) is 3.75. The van der Waals surface area contributed by atoms with Crippen molar-refractivity contribution in [2.45, 2.75) is 6.04 Å². The summed E-state index contributed by atoms with van der Waals surface area (Å²) in [7, 11) is 4.00. The van der Waals surface area contributed by atoms with Gasteiger partial charge < -0.3 is 20.1 Å². The van der Waals surface area contributed by atoms with E-state index < -0.39 is 6.09 Å². The van der Waals surface area contributed by atoms with E-state index in [-0.39, 0.29) is 12.6 Å². The number of aromatic nitrogens is 2. The van der Waals surface area contributed by atoms with Gasteiger partial charge in [-0.2, -0.15) is 0 Å². The Hall–Kier alpha value is -3.65. The smallest absolute Gasteiger partial charge is 0.413 e. The second-order valence-electron chi connectivity index (χ2n) is 7.24. The number of likely N-dealkylation sites (N-methyl/N-ethyl adjacent to an activating group) is 1. The van der Waals surface area contributed by atoms with Gasteiger partial charge in [0.25, 0.3) is 0 Å². The Morgan fingerprint density at radius 3 is 2.45 bits per heavy atom. The average Bonchev–Trinajstić information content (AvgIpc) is 2.78. The first kappa shape index (κ1) is 22.0. The monoisotopic (exact) mass is 421 g/mol. The summed E-state index contributed by atoms with van der Waals surface area (Å²) in [5.74, 6) is 1.12. The molecule has 3 aromatic rings. The van der Waals surface area contributed by atoms with Gasteiger partial charge in [0, 0.05) is 18.4 Å².